The fourth-order valence-corrected chi connectivity index (χ4v) is 1.99. The van der Waals surface area contributed by atoms with Gasteiger partial charge in [-0.2, -0.15) is 0 Å². The number of benzene rings is 1. The van der Waals surface area contributed by atoms with Gasteiger partial charge in [0.25, 0.3) is 0 Å². The maximum atomic E-state index is 5.51. The molecular formula is C14H17BrN2O. The Labute approximate surface area is 116 Å². The van der Waals surface area contributed by atoms with Gasteiger partial charge in [-0.25, -0.2) is 4.98 Å². The first-order valence-corrected chi connectivity index (χ1v) is 6.74. The number of nitrogens with one attached hydrogen (secondary N) is 1. The summed E-state index contributed by atoms with van der Waals surface area (Å²) in [6, 6.07) is 6.35. The van der Waals surface area contributed by atoms with E-state index in [4.69, 9.17) is 4.42 Å². The summed E-state index contributed by atoms with van der Waals surface area (Å²) in [7, 11) is 0. The molecule has 0 atom stereocenters. The second-order valence-electron chi connectivity index (χ2n) is 4.44. The van der Waals surface area contributed by atoms with E-state index in [1.807, 2.05) is 13.8 Å². The molecule has 2 aromatic rings. The highest BCUT2D eigenvalue weighted by atomic mass is 79.9. The minimum atomic E-state index is 0.657. The van der Waals surface area contributed by atoms with Gasteiger partial charge in [-0.15, -0.1) is 0 Å². The molecule has 0 aliphatic heterocycles. The van der Waals surface area contributed by atoms with Crippen molar-refractivity contribution in [2.45, 2.75) is 33.9 Å². The fourth-order valence-electron chi connectivity index (χ4n) is 1.75. The van der Waals surface area contributed by atoms with Crippen LogP contribution in [0.1, 0.15) is 28.5 Å². The zero-order chi connectivity index (χ0) is 13.1. The van der Waals surface area contributed by atoms with E-state index < -0.39 is 0 Å². The van der Waals surface area contributed by atoms with Gasteiger partial charge in [0.05, 0.1) is 12.2 Å². The second kappa shape index (κ2) is 5.67. The van der Waals surface area contributed by atoms with Crippen LogP contribution in [0.2, 0.25) is 0 Å². The summed E-state index contributed by atoms with van der Waals surface area (Å²) in [6.07, 6.45) is 0. The lowest BCUT2D eigenvalue weighted by molar-refractivity contribution is 0.448. The lowest BCUT2D eigenvalue weighted by Gasteiger charge is -2.05. The van der Waals surface area contributed by atoms with Gasteiger partial charge in [-0.05, 0) is 38.0 Å². The summed E-state index contributed by atoms with van der Waals surface area (Å²) in [5.41, 5.74) is 3.47. The van der Waals surface area contributed by atoms with Crippen molar-refractivity contribution < 1.29 is 4.42 Å². The summed E-state index contributed by atoms with van der Waals surface area (Å²) in [5.74, 6) is 1.64. The molecule has 0 amide bonds. The van der Waals surface area contributed by atoms with E-state index in [-0.39, 0.29) is 0 Å². The van der Waals surface area contributed by atoms with E-state index in [0.29, 0.717) is 6.54 Å². The number of oxazole rings is 1. The molecule has 0 fully saturated rings. The van der Waals surface area contributed by atoms with Crippen molar-refractivity contribution in [3.05, 3.63) is 51.1 Å². The molecule has 0 unspecified atom stereocenters. The van der Waals surface area contributed by atoms with Crippen molar-refractivity contribution in [2.75, 3.05) is 0 Å². The van der Waals surface area contributed by atoms with Crippen LogP contribution in [0.5, 0.6) is 0 Å². The number of rotatable bonds is 4. The van der Waals surface area contributed by atoms with Crippen LogP contribution in [0, 0.1) is 20.8 Å². The zero-order valence-electron chi connectivity index (χ0n) is 10.9. The summed E-state index contributed by atoms with van der Waals surface area (Å²) < 4.78 is 6.66. The zero-order valence-corrected chi connectivity index (χ0v) is 12.5. The third-order valence-electron chi connectivity index (χ3n) is 2.90. The summed E-state index contributed by atoms with van der Waals surface area (Å²) in [4.78, 5) is 4.34. The van der Waals surface area contributed by atoms with Gasteiger partial charge >= 0.3 is 0 Å². The van der Waals surface area contributed by atoms with Crippen LogP contribution >= 0.6 is 15.9 Å². The van der Waals surface area contributed by atoms with E-state index in [1.165, 1.54) is 11.1 Å². The molecule has 1 aromatic carbocycles. The van der Waals surface area contributed by atoms with Gasteiger partial charge in [0.2, 0.25) is 5.89 Å². The monoisotopic (exact) mass is 308 g/mol. The topological polar surface area (TPSA) is 38.1 Å². The normalized spacial score (nSPS) is 10.9. The molecule has 1 N–H and O–H groups in total. The lowest BCUT2D eigenvalue weighted by Crippen LogP contribution is -2.13. The smallest absolute Gasteiger partial charge is 0.208 e. The molecule has 18 heavy (non-hydrogen) atoms. The molecule has 0 saturated carbocycles. The lowest BCUT2D eigenvalue weighted by atomic mass is 10.1. The van der Waals surface area contributed by atoms with E-state index in [9.17, 15) is 0 Å². The minimum absolute atomic E-state index is 0.657. The van der Waals surface area contributed by atoms with E-state index in [2.05, 4.69) is 51.4 Å². The van der Waals surface area contributed by atoms with Crippen LogP contribution in [0.4, 0.5) is 0 Å². The van der Waals surface area contributed by atoms with Crippen molar-refractivity contribution in [3.63, 3.8) is 0 Å². The minimum Gasteiger partial charge on any atom is -0.444 e. The molecule has 1 heterocycles. The molecule has 3 nitrogen and oxygen atoms in total. The average molecular weight is 309 g/mol. The van der Waals surface area contributed by atoms with Crippen molar-refractivity contribution in [1.82, 2.24) is 10.3 Å². The molecule has 0 aliphatic rings. The molecule has 4 heteroatoms. The molecule has 2 rings (SSSR count). The Morgan fingerprint density at radius 3 is 2.61 bits per heavy atom. The Morgan fingerprint density at radius 2 is 2.00 bits per heavy atom. The highest BCUT2D eigenvalue weighted by Gasteiger charge is 2.04. The third kappa shape index (κ3) is 3.21. The predicted molar refractivity (Wildman–Crippen MR) is 75.4 cm³/mol. The maximum Gasteiger partial charge on any atom is 0.208 e. The molecule has 0 spiro atoms. The molecule has 0 bridgehead atoms. The number of aromatic nitrogens is 1. The third-order valence-corrected chi connectivity index (χ3v) is 3.79. The molecule has 1 aromatic heterocycles. The van der Waals surface area contributed by atoms with E-state index >= 15 is 0 Å². The van der Waals surface area contributed by atoms with Crippen molar-refractivity contribution in [2.24, 2.45) is 0 Å². The van der Waals surface area contributed by atoms with Crippen LogP contribution in [-0.4, -0.2) is 4.98 Å². The number of nitrogens with zero attached hydrogens (tertiary/aromatic N) is 1. The Bertz CT molecular complexity index is 529. The van der Waals surface area contributed by atoms with Crippen molar-refractivity contribution in [3.8, 4) is 0 Å². The Kier molecular flexibility index (Phi) is 4.19. The van der Waals surface area contributed by atoms with Crippen LogP contribution in [-0.2, 0) is 13.1 Å². The first-order valence-electron chi connectivity index (χ1n) is 5.95. The summed E-state index contributed by atoms with van der Waals surface area (Å²) in [5, 5.41) is 3.33. The molecule has 0 radical (unpaired) electrons. The molecule has 0 aliphatic carbocycles. The van der Waals surface area contributed by atoms with Crippen LogP contribution in [0.25, 0.3) is 0 Å². The largest absolute Gasteiger partial charge is 0.444 e. The van der Waals surface area contributed by atoms with Gasteiger partial charge in [-0.3, -0.25) is 0 Å². The number of hydrogen-bond donors (Lipinski definition) is 1. The van der Waals surface area contributed by atoms with Crippen molar-refractivity contribution >= 4 is 15.9 Å². The second-order valence-corrected chi connectivity index (χ2v) is 5.29. The standard InChI is InChI=1S/C14H17BrN2O/c1-9-6-12(4-5-13(9)15)7-16-8-14-17-10(2)11(3)18-14/h4-6,16H,7-8H2,1-3H3. The van der Waals surface area contributed by atoms with Crippen molar-refractivity contribution in [1.29, 1.82) is 0 Å². The highest BCUT2D eigenvalue weighted by Crippen LogP contribution is 2.17. The molecule has 0 saturated heterocycles. The van der Waals surface area contributed by atoms with Crippen LogP contribution < -0.4 is 5.32 Å². The predicted octanol–water partition coefficient (Wildman–Crippen LogP) is 3.65. The summed E-state index contributed by atoms with van der Waals surface area (Å²) in [6.45, 7) is 7.46. The Morgan fingerprint density at radius 1 is 1.22 bits per heavy atom. The van der Waals surface area contributed by atoms with E-state index in [1.54, 1.807) is 0 Å². The average Bonchev–Trinajstić information content (AvgIpc) is 2.63. The summed E-state index contributed by atoms with van der Waals surface area (Å²) >= 11 is 3.50. The molecular weight excluding hydrogens is 292 g/mol. The van der Waals surface area contributed by atoms with Gasteiger partial charge < -0.3 is 9.73 Å². The first-order chi connectivity index (χ1) is 8.56. The van der Waals surface area contributed by atoms with Gasteiger partial charge in [0, 0.05) is 11.0 Å². The van der Waals surface area contributed by atoms with E-state index in [0.717, 1.165) is 28.4 Å². The molecule has 96 valence electrons. The Balaban J connectivity index is 1.90. The number of halogens is 1. The van der Waals surface area contributed by atoms with Gasteiger partial charge in [0.1, 0.15) is 5.76 Å². The van der Waals surface area contributed by atoms with Gasteiger partial charge in [0.15, 0.2) is 0 Å². The highest BCUT2D eigenvalue weighted by molar-refractivity contribution is 9.10. The maximum absolute atomic E-state index is 5.51. The fraction of sp³-hybridized carbons (Fsp3) is 0.357. The van der Waals surface area contributed by atoms with Crippen LogP contribution in [0.15, 0.2) is 27.1 Å². The quantitative estimate of drug-likeness (QED) is 0.937. The first kappa shape index (κ1) is 13.3. The number of hydrogen-bond acceptors (Lipinski definition) is 3. The number of aryl methyl sites for hydroxylation is 3. The van der Waals surface area contributed by atoms with Gasteiger partial charge in [-0.1, -0.05) is 28.1 Å². The van der Waals surface area contributed by atoms with Crippen LogP contribution in [0.3, 0.4) is 0 Å². The Hall–Kier alpha value is -1.13. The SMILES string of the molecule is Cc1cc(CNCc2nc(C)c(C)o2)ccc1Br.